The third-order valence-electron chi connectivity index (χ3n) is 5.03. The Morgan fingerprint density at radius 2 is 1.50 bits per heavy atom. The molecule has 0 unspecified atom stereocenters. The van der Waals surface area contributed by atoms with Gasteiger partial charge in [-0.1, -0.05) is 18.2 Å². The van der Waals surface area contributed by atoms with Crippen LogP contribution in [0.5, 0.6) is 0 Å². The lowest BCUT2D eigenvalue weighted by atomic mass is 9.98. The van der Waals surface area contributed by atoms with Crippen LogP contribution in [-0.2, 0) is 0 Å². The average molecular weight is 371 g/mol. The van der Waals surface area contributed by atoms with Gasteiger partial charge in [-0.3, -0.25) is 10.1 Å². The number of nitro groups is 1. The molecular weight excluding hydrogens is 358 g/mol. The molecule has 3 aromatic carbocycles. The lowest BCUT2D eigenvalue weighted by molar-refractivity contribution is -0.384. The smallest absolute Gasteiger partial charge is 0.344 e. The van der Waals surface area contributed by atoms with Crippen molar-refractivity contribution in [1.82, 2.24) is 0 Å². The Morgan fingerprint density at radius 3 is 2.25 bits per heavy atom. The van der Waals surface area contributed by atoms with E-state index >= 15 is 0 Å². The van der Waals surface area contributed by atoms with Gasteiger partial charge in [0.1, 0.15) is 16.7 Å². The Hall–Kier alpha value is -3.93. The van der Waals surface area contributed by atoms with Gasteiger partial charge in [0.15, 0.2) is 0 Å². The molecule has 136 valence electrons. The van der Waals surface area contributed by atoms with Crippen LogP contribution in [0.15, 0.2) is 74.3 Å². The van der Waals surface area contributed by atoms with E-state index in [1.54, 1.807) is 12.1 Å². The van der Waals surface area contributed by atoms with E-state index < -0.39 is 10.5 Å². The van der Waals surface area contributed by atoms with E-state index in [2.05, 4.69) is 0 Å². The van der Waals surface area contributed by atoms with E-state index in [1.165, 1.54) is 12.1 Å². The molecule has 0 aliphatic rings. The third kappa shape index (κ3) is 2.31. The standard InChI is InChI=1S/C22H13NO5/c1-12-16-10-20-17(15-4-2-3-5-18(15)27-20)11-19(16)28-22(24)21(12)13-6-8-14(9-7-13)23(25)26/h2-11H,1H3. The molecule has 2 aromatic heterocycles. The fourth-order valence-electron chi connectivity index (χ4n) is 3.65. The normalized spacial score (nSPS) is 11.5. The number of non-ortho nitro benzene ring substituents is 1. The zero-order valence-electron chi connectivity index (χ0n) is 14.8. The fraction of sp³-hybridized carbons (Fsp3) is 0.0455. The number of nitro benzene ring substituents is 1. The minimum Gasteiger partial charge on any atom is -0.456 e. The second kappa shape index (κ2) is 5.79. The van der Waals surface area contributed by atoms with Crippen molar-refractivity contribution in [2.24, 2.45) is 0 Å². The van der Waals surface area contributed by atoms with Crippen molar-refractivity contribution in [2.45, 2.75) is 6.92 Å². The Kier molecular flexibility index (Phi) is 3.36. The van der Waals surface area contributed by atoms with E-state index in [1.807, 2.05) is 43.3 Å². The van der Waals surface area contributed by atoms with Crippen LogP contribution >= 0.6 is 0 Å². The van der Waals surface area contributed by atoms with Crippen LogP contribution in [0.25, 0.3) is 44.0 Å². The van der Waals surface area contributed by atoms with Crippen molar-refractivity contribution >= 4 is 38.6 Å². The molecule has 0 N–H and O–H groups in total. The van der Waals surface area contributed by atoms with Gasteiger partial charge < -0.3 is 8.83 Å². The largest absolute Gasteiger partial charge is 0.456 e. The summed E-state index contributed by atoms with van der Waals surface area (Å²) in [6.07, 6.45) is 0. The molecule has 0 saturated heterocycles. The van der Waals surface area contributed by atoms with Gasteiger partial charge >= 0.3 is 5.63 Å². The summed E-state index contributed by atoms with van der Waals surface area (Å²) in [5, 5.41) is 13.5. The Bertz CT molecular complexity index is 1460. The molecule has 0 saturated carbocycles. The number of hydrogen-bond acceptors (Lipinski definition) is 5. The number of aryl methyl sites for hydroxylation is 1. The highest BCUT2D eigenvalue weighted by molar-refractivity contribution is 6.09. The fourth-order valence-corrected chi connectivity index (χ4v) is 3.65. The van der Waals surface area contributed by atoms with Crippen LogP contribution in [-0.4, -0.2) is 4.92 Å². The molecule has 0 bridgehead atoms. The summed E-state index contributed by atoms with van der Waals surface area (Å²) in [6, 6.07) is 17.3. The van der Waals surface area contributed by atoms with Crippen molar-refractivity contribution < 1.29 is 13.8 Å². The van der Waals surface area contributed by atoms with Gasteiger partial charge in [0.25, 0.3) is 5.69 Å². The molecule has 0 radical (unpaired) electrons. The van der Waals surface area contributed by atoms with Crippen LogP contribution in [0.4, 0.5) is 5.69 Å². The minimum atomic E-state index is -0.481. The van der Waals surface area contributed by atoms with E-state index in [9.17, 15) is 14.9 Å². The summed E-state index contributed by atoms with van der Waals surface area (Å²) in [5.74, 6) is 0. The molecule has 2 heterocycles. The maximum Gasteiger partial charge on any atom is 0.344 e. The van der Waals surface area contributed by atoms with Gasteiger partial charge in [0, 0.05) is 28.3 Å². The summed E-state index contributed by atoms with van der Waals surface area (Å²) in [7, 11) is 0. The Morgan fingerprint density at radius 1 is 0.821 bits per heavy atom. The monoisotopic (exact) mass is 371 g/mol. The topological polar surface area (TPSA) is 86.5 Å². The number of rotatable bonds is 2. The van der Waals surface area contributed by atoms with Crippen molar-refractivity contribution in [3.05, 3.63) is 86.8 Å². The molecule has 0 spiro atoms. The third-order valence-corrected chi connectivity index (χ3v) is 5.03. The van der Waals surface area contributed by atoms with Gasteiger partial charge in [0.05, 0.1) is 10.5 Å². The number of fused-ring (bicyclic) bond motifs is 4. The van der Waals surface area contributed by atoms with E-state index in [-0.39, 0.29) is 5.69 Å². The molecule has 0 aliphatic carbocycles. The summed E-state index contributed by atoms with van der Waals surface area (Å²) >= 11 is 0. The summed E-state index contributed by atoms with van der Waals surface area (Å²) in [6.45, 7) is 1.84. The highest BCUT2D eigenvalue weighted by Crippen LogP contribution is 2.34. The predicted octanol–water partition coefficient (Wildman–Crippen LogP) is 5.58. The quantitative estimate of drug-likeness (QED) is 0.230. The lowest BCUT2D eigenvalue weighted by Crippen LogP contribution is -2.06. The number of nitrogens with zero attached hydrogens (tertiary/aromatic N) is 1. The predicted molar refractivity (Wildman–Crippen MR) is 107 cm³/mol. The molecule has 0 atom stereocenters. The maximum absolute atomic E-state index is 12.7. The molecule has 28 heavy (non-hydrogen) atoms. The van der Waals surface area contributed by atoms with Crippen molar-refractivity contribution in [2.75, 3.05) is 0 Å². The van der Waals surface area contributed by atoms with E-state index in [0.29, 0.717) is 22.3 Å². The van der Waals surface area contributed by atoms with Gasteiger partial charge in [-0.15, -0.1) is 0 Å². The Labute approximate surface area is 157 Å². The highest BCUT2D eigenvalue weighted by atomic mass is 16.6. The van der Waals surface area contributed by atoms with Crippen LogP contribution < -0.4 is 5.63 Å². The molecule has 5 rings (SSSR count). The lowest BCUT2D eigenvalue weighted by Gasteiger charge is -2.08. The van der Waals surface area contributed by atoms with Gasteiger partial charge in [0.2, 0.25) is 0 Å². The first-order valence-electron chi connectivity index (χ1n) is 8.66. The van der Waals surface area contributed by atoms with Crippen molar-refractivity contribution in [3.63, 3.8) is 0 Å². The van der Waals surface area contributed by atoms with Crippen molar-refractivity contribution in [3.8, 4) is 11.1 Å². The molecule has 5 aromatic rings. The molecule has 6 nitrogen and oxygen atoms in total. The number of para-hydroxylation sites is 1. The molecule has 0 amide bonds. The number of furan rings is 1. The Balaban J connectivity index is 1.79. The van der Waals surface area contributed by atoms with Gasteiger partial charge in [-0.05, 0) is 48.4 Å². The van der Waals surface area contributed by atoms with Gasteiger partial charge in [-0.25, -0.2) is 4.79 Å². The second-order valence-corrected chi connectivity index (χ2v) is 6.64. The van der Waals surface area contributed by atoms with Gasteiger partial charge in [-0.2, -0.15) is 0 Å². The number of benzene rings is 3. The summed E-state index contributed by atoms with van der Waals surface area (Å²) < 4.78 is 11.5. The van der Waals surface area contributed by atoms with Crippen LogP contribution in [0, 0.1) is 17.0 Å². The van der Waals surface area contributed by atoms with E-state index in [4.69, 9.17) is 8.83 Å². The first-order chi connectivity index (χ1) is 13.5. The average Bonchev–Trinajstić information content (AvgIpc) is 3.05. The first-order valence-corrected chi connectivity index (χ1v) is 8.66. The van der Waals surface area contributed by atoms with Crippen LogP contribution in [0.3, 0.4) is 0 Å². The first kappa shape index (κ1) is 16.3. The molecule has 0 fully saturated rings. The minimum absolute atomic E-state index is 0.0319. The maximum atomic E-state index is 12.7. The zero-order valence-corrected chi connectivity index (χ0v) is 14.8. The zero-order chi connectivity index (χ0) is 19.4. The van der Waals surface area contributed by atoms with E-state index in [0.717, 1.165) is 27.3 Å². The molecule has 6 heteroatoms. The van der Waals surface area contributed by atoms with Crippen LogP contribution in [0.2, 0.25) is 0 Å². The number of hydrogen-bond donors (Lipinski definition) is 0. The molecular formula is C22H13NO5. The molecule has 0 aliphatic heterocycles. The highest BCUT2D eigenvalue weighted by Gasteiger charge is 2.17. The van der Waals surface area contributed by atoms with Crippen LogP contribution in [0.1, 0.15) is 5.56 Å². The van der Waals surface area contributed by atoms with Crippen molar-refractivity contribution in [1.29, 1.82) is 0 Å². The summed E-state index contributed by atoms with van der Waals surface area (Å²) in [5.41, 5.74) is 3.14. The summed E-state index contributed by atoms with van der Waals surface area (Å²) in [4.78, 5) is 23.1. The SMILES string of the molecule is Cc1c(-c2ccc([N+](=O)[O-])cc2)c(=O)oc2cc3c(cc12)oc1ccccc13. The second-order valence-electron chi connectivity index (χ2n) is 6.64.